The number of allylic oxidation sites excluding steroid dienone is 2. The number of halogens is 2. The predicted octanol–water partition coefficient (Wildman–Crippen LogP) is 0.972. The molecule has 2 aliphatic heterocycles. The van der Waals surface area contributed by atoms with E-state index in [0.717, 1.165) is 0 Å². The average Bonchev–Trinajstić information content (AvgIpc) is 3.80. The Morgan fingerprint density at radius 1 is 0.652 bits per heavy atom. The van der Waals surface area contributed by atoms with E-state index in [0.29, 0.717) is 7.25 Å². The standard InChI is InChI=1S/2C13H14N.2C4H11NOSi.2ClH.In.Zr.H/c2*1-2-6-12-11(5-1)7-8-13(12)14-9-3-4-10-14;2*1-7(2,3)4(5)6;;;;;/h2*1-2,5-8H,3-4,9-10H2;2*1-3H3,(H2,5,6);2*1H;;;/q;;;;;;2*+2;/p-4. The minimum Gasteiger partial charge on any atom is -1.00 e. The number of carbonyl (C=O) groups excluding carboxylic acids is 2. The van der Waals surface area contributed by atoms with Crippen LogP contribution in [-0.4, -0.2) is 86.7 Å². The molecule has 246 valence electrons. The van der Waals surface area contributed by atoms with Crippen LogP contribution >= 0.6 is 0 Å². The van der Waals surface area contributed by atoms with Crippen molar-refractivity contribution in [1.82, 2.24) is 16.4 Å². The van der Waals surface area contributed by atoms with Crippen molar-refractivity contribution in [3.8, 4) is 0 Å². The van der Waals surface area contributed by atoms with Gasteiger partial charge >= 0.3 is 293 Å². The molecule has 6 nitrogen and oxygen atoms in total. The van der Waals surface area contributed by atoms with Gasteiger partial charge in [-0.25, -0.2) is 0 Å². The van der Waals surface area contributed by atoms with Crippen molar-refractivity contribution < 1.29 is 57.6 Å². The zero-order valence-corrected chi connectivity index (χ0v) is 38.3. The van der Waals surface area contributed by atoms with Crippen LogP contribution in [0, 0.1) is 0 Å². The van der Waals surface area contributed by atoms with E-state index >= 15 is 0 Å². The van der Waals surface area contributed by atoms with Crippen molar-refractivity contribution in [2.75, 3.05) is 26.2 Å². The first-order chi connectivity index (χ1) is 20.9. The molecule has 2 atom stereocenters. The Bertz CT molecular complexity index is 1330. The quantitative estimate of drug-likeness (QED) is 0.389. The summed E-state index contributed by atoms with van der Waals surface area (Å²) < 4.78 is 7.28. The molecule has 2 heterocycles. The molecule has 46 heavy (non-hydrogen) atoms. The third-order valence-corrected chi connectivity index (χ3v) is 21.0. The maximum atomic E-state index is 11.6. The van der Waals surface area contributed by atoms with E-state index in [4.69, 9.17) is 0 Å². The second kappa shape index (κ2) is 17.2. The Hall–Kier alpha value is -0.773. The van der Waals surface area contributed by atoms with E-state index in [1.54, 1.807) is 22.5 Å². The van der Waals surface area contributed by atoms with Gasteiger partial charge in [-0.3, -0.25) is 0 Å². The number of nitrogens with one attached hydrogen (secondary N) is 2. The molecule has 0 bridgehead atoms. The molecule has 0 radical (unpaired) electrons. The van der Waals surface area contributed by atoms with Crippen molar-refractivity contribution in [3.05, 3.63) is 82.9 Å². The first kappa shape index (κ1) is 39.7. The molecule has 0 spiro atoms. The maximum absolute atomic E-state index is 11.6. The van der Waals surface area contributed by atoms with Gasteiger partial charge in [0.05, 0.1) is 0 Å². The monoisotopic (exact) mass is 876 g/mol. The number of rotatable bonds is 8. The second-order valence-electron chi connectivity index (χ2n) is 14.5. The summed E-state index contributed by atoms with van der Waals surface area (Å²) in [5.74, 6) is 0. The molecule has 2 fully saturated rings. The van der Waals surface area contributed by atoms with Gasteiger partial charge in [0.2, 0.25) is 0 Å². The normalized spacial score (nSPS) is 19.6. The smallest absolute Gasteiger partial charge is 1.00 e. The molecule has 12 heteroatoms. The zero-order chi connectivity index (χ0) is 31.5. The molecule has 0 aromatic heterocycles. The molecule has 2 amide bonds. The van der Waals surface area contributed by atoms with Crippen LogP contribution in [0.4, 0.5) is 9.59 Å². The summed E-state index contributed by atoms with van der Waals surface area (Å²) in [4.78, 5) is 28.4. The molecule has 2 aliphatic carbocycles. The van der Waals surface area contributed by atoms with Gasteiger partial charge in [-0.15, -0.1) is 0 Å². The molecular formula is C34H49Cl2InN4O2Si2Zr. The summed E-state index contributed by atoms with van der Waals surface area (Å²) >= 11 is -2.33. The number of hydrogen-bond donors (Lipinski definition) is 2. The minimum atomic E-state index is -1.72. The van der Waals surface area contributed by atoms with Crippen molar-refractivity contribution >= 4 is 62.1 Å². The zero-order valence-electron chi connectivity index (χ0n) is 28.3. The summed E-state index contributed by atoms with van der Waals surface area (Å²) in [5.41, 5.74) is 9.70. The van der Waals surface area contributed by atoms with Gasteiger partial charge in [0.1, 0.15) is 0 Å². The predicted molar refractivity (Wildman–Crippen MR) is 187 cm³/mol. The molecule has 2 aromatic rings. The molecule has 2 unspecified atom stereocenters. The first-order valence-electron chi connectivity index (χ1n) is 16.4. The van der Waals surface area contributed by atoms with Gasteiger partial charge in [0.25, 0.3) is 0 Å². The molecule has 6 rings (SSSR count). The maximum Gasteiger partial charge on any atom is -1.00 e. The summed E-state index contributed by atoms with van der Waals surface area (Å²) in [6.45, 7) is 17.0. The number of benzene rings is 2. The fraction of sp³-hybridized carbons (Fsp3) is 0.471. The molecule has 2 aromatic carbocycles. The van der Waals surface area contributed by atoms with Crippen LogP contribution in [0.5, 0.6) is 0 Å². The molecular weight excluding hydrogens is 830 g/mol. The number of fused-ring (bicyclic) bond motifs is 2. The molecule has 2 saturated heterocycles. The number of carbonyl (C=O) groups is 2. The van der Waals surface area contributed by atoms with E-state index in [-0.39, 0.29) is 35.9 Å². The minimum absolute atomic E-state index is 0. The number of amides is 2. The first-order valence-corrected chi connectivity index (χ1v) is 30.3. The van der Waals surface area contributed by atoms with Crippen molar-refractivity contribution in [1.29, 1.82) is 0 Å². The van der Waals surface area contributed by atoms with Gasteiger partial charge in [0.15, 0.2) is 0 Å². The fourth-order valence-corrected chi connectivity index (χ4v) is 23.2. The van der Waals surface area contributed by atoms with E-state index in [9.17, 15) is 9.59 Å². The van der Waals surface area contributed by atoms with Gasteiger partial charge in [0, 0.05) is 0 Å². The second-order valence-corrected chi connectivity index (χ2v) is 31.3. The van der Waals surface area contributed by atoms with Gasteiger partial charge in [-0.2, -0.15) is 0 Å². The van der Waals surface area contributed by atoms with Crippen LogP contribution in [0.25, 0.3) is 11.4 Å². The van der Waals surface area contributed by atoms with Crippen LogP contribution in [0.3, 0.4) is 0 Å². The Morgan fingerprint density at radius 3 is 1.35 bits per heavy atom. The summed E-state index contributed by atoms with van der Waals surface area (Å²) in [6, 6.07) is 18.5. The van der Waals surface area contributed by atoms with Crippen LogP contribution in [0.2, 0.25) is 39.3 Å². The van der Waals surface area contributed by atoms with Crippen molar-refractivity contribution in [2.45, 2.75) is 72.2 Å². The summed E-state index contributed by atoms with van der Waals surface area (Å²) in [7, 11) is -3.43. The Kier molecular flexibility index (Phi) is 14.9. The van der Waals surface area contributed by atoms with Gasteiger partial charge < -0.3 is 24.8 Å². The topological polar surface area (TPSA) is 64.7 Å². The van der Waals surface area contributed by atoms with Gasteiger partial charge in [-0.05, 0) is 0 Å². The molecule has 0 saturated carbocycles. The largest absolute Gasteiger partial charge is 1.00 e. The SMILES string of the molecule is C1=C(N2CCCC2)c2ccccc2[CH]1[Zr+2][CH]1C=C(N2CCCC2)c2ccccc21.C[Si](C)(C)C(=O)[NH][InH][NH]C(=O)[Si](C)(C)C.[Cl-].[Cl-]. The van der Waals surface area contributed by atoms with Crippen LogP contribution in [-0.2, 0) is 23.2 Å². The van der Waals surface area contributed by atoms with E-state index < -0.39 is 62.9 Å². The van der Waals surface area contributed by atoms with E-state index in [2.05, 4.69) is 77.1 Å². The summed E-state index contributed by atoms with van der Waals surface area (Å²) in [6.07, 6.45) is 10.7. The Morgan fingerprint density at radius 2 is 1.00 bits per heavy atom. The number of hydrogen-bond acceptors (Lipinski definition) is 4. The van der Waals surface area contributed by atoms with Crippen LogP contribution < -0.4 is 31.4 Å². The van der Waals surface area contributed by atoms with E-state index in [1.165, 1.54) is 63.0 Å². The molecule has 2 N–H and O–H groups in total. The van der Waals surface area contributed by atoms with Crippen molar-refractivity contribution in [3.63, 3.8) is 0 Å². The summed E-state index contributed by atoms with van der Waals surface area (Å²) in [5, 5.41) is 0. The third kappa shape index (κ3) is 9.68. The number of nitrogens with zero attached hydrogens (tertiary/aromatic N) is 2. The van der Waals surface area contributed by atoms with Crippen LogP contribution in [0.15, 0.2) is 60.7 Å². The third-order valence-electron chi connectivity index (χ3n) is 8.91. The van der Waals surface area contributed by atoms with Crippen molar-refractivity contribution in [2.24, 2.45) is 0 Å². The Balaban J connectivity index is 0.000000294. The van der Waals surface area contributed by atoms with Crippen LogP contribution in [0.1, 0.15) is 55.2 Å². The fourth-order valence-electron chi connectivity index (χ4n) is 6.35. The average molecular weight is 879 g/mol. The number of likely N-dealkylation sites (tertiary alicyclic amines) is 2. The molecule has 4 aliphatic rings. The van der Waals surface area contributed by atoms with E-state index in [1.807, 2.05) is 39.3 Å². The van der Waals surface area contributed by atoms with Gasteiger partial charge in [-0.1, -0.05) is 0 Å². The Labute approximate surface area is 314 Å².